The molecule has 2 heteroatoms. The number of nitrogens with zero attached hydrogens (tertiary/aromatic N) is 1. The first-order valence-electron chi connectivity index (χ1n) is 8.87. The normalized spacial score (nSPS) is 11.0. The Kier molecular flexibility index (Phi) is 16.0. The predicted molar refractivity (Wildman–Crippen MR) is 101 cm³/mol. The van der Waals surface area contributed by atoms with Crippen LogP contribution in [0.3, 0.4) is 0 Å². The Bertz CT molecular complexity index is 236. The molecule has 21 heavy (non-hydrogen) atoms. The van der Waals surface area contributed by atoms with E-state index < -0.39 is 0 Å². The number of hydrogen-bond acceptors (Lipinski definition) is 2. The van der Waals surface area contributed by atoms with Gasteiger partial charge in [0.15, 0.2) is 0 Å². The molecule has 0 fully saturated rings. The van der Waals surface area contributed by atoms with Crippen molar-refractivity contribution in [3.63, 3.8) is 0 Å². The van der Waals surface area contributed by atoms with Crippen molar-refractivity contribution in [2.24, 2.45) is 0 Å². The summed E-state index contributed by atoms with van der Waals surface area (Å²) in [5, 5.41) is 3.52. The third kappa shape index (κ3) is 9.18. The molecular formula is C19H44N2. The largest absolute Gasteiger partial charge is 0.382 e. The second-order valence-corrected chi connectivity index (χ2v) is 6.08. The second-order valence-electron chi connectivity index (χ2n) is 6.08. The van der Waals surface area contributed by atoms with Gasteiger partial charge in [-0.05, 0) is 60.5 Å². The molecule has 0 unspecified atom stereocenters. The highest BCUT2D eigenvalue weighted by molar-refractivity contribution is 5.06. The zero-order chi connectivity index (χ0) is 17.7. The summed E-state index contributed by atoms with van der Waals surface area (Å²) in [7, 11) is 0. The fraction of sp³-hybridized carbons (Fsp3) is 0.895. The van der Waals surface area contributed by atoms with E-state index in [-0.39, 0.29) is 11.1 Å². The van der Waals surface area contributed by atoms with Crippen LogP contribution >= 0.6 is 0 Å². The van der Waals surface area contributed by atoms with Gasteiger partial charge in [-0.3, -0.25) is 4.90 Å². The maximum absolute atomic E-state index is 3.98. The van der Waals surface area contributed by atoms with E-state index in [1.54, 1.807) is 0 Å². The minimum Gasteiger partial charge on any atom is -0.382 e. The van der Waals surface area contributed by atoms with E-state index in [9.17, 15) is 0 Å². The third-order valence-electron chi connectivity index (χ3n) is 3.83. The fourth-order valence-electron chi connectivity index (χ4n) is 2.29. The molecule has 0 atom stereocenters. The first-order valence-corrected chi connectivity index (χ1v) is 8.87. The van der Waals surface area contributed by atoms with Crippen LogP contribution < -0.4 is 5.32 Å². The van der Waals surface area contributed by atoms with Crippen molar-refractivity contribution < 1.29 is 0 Å². The van der Waals surface area contributed by atoms with Crippen molar-refractivity contribution in [1.29, 1.82) is 0 Å². The summed E-state index contributed by atoms with van der Waals surface area (Å²) in [5.74, 6) is 0. The lowest BCUT2D eigenvalue weighted by Gasteiger charge is -2.50. The Morgan fingerprint density at radius 3 is 1.48 bits per heavy atom. The summed E-state index contributed by atoms with van der Waals surface area (Å²) in [6.45, 7) is 30.0. The van der Waals surface area contributed by atoms with Crippen molar-refractivity contribution in [3.05, 3.63) is 12.3 Å². The zero-order valence-corrected chi connectivity index (χ0v) is 17.0. The Hall–Kier alpha value is -0.500. The van der Waals surface area contributed by atoms with Gasteiger partial charge in [-0.25, -0.2) is 0 Å². The third-order valence-corrected chi connectivity index (χ3v) is 3.83. The van der Waals surface area contributed by atoms with E-state index in [1.807, 2.05) is 34.6 Å². The molecule has 0 aliphatic heterocycles. The van der Waals surface area contributed by atoms with Gasteiger partial charge in [-0.2, -0.15) is 0 Å². The van der Waals surface area contributed by atoms with Gasteiger partial charge in [0.05, 0.1) is 0 Å². The highest BCUT2D eigenvalue weighted by Gasteiger charge is 2.40. The van der Waals surface area contributed by atoms with E-state index in [4.69, 9.17) is 0 Å². The maximum atomic E-state index is 3.98. The Morgan fingerprint density at radius 1 is 0.905 bits per heavy atom. The summed E-state index contributed by atoms with van der Waals surface area (Å²) in [6, 6.07) is 0. The molecule has 0 aromatic carbocycles. The molecule has 0 saturated heterocycles. The molecule has 0 rings (SSSR count). The first kappa shape index (κ1) is 25.5. The van der Waals surface area contributed by atoms with Crippen molar-refractivity contribution in [1.82, 2.24) is 10.2 Å². The first-order chi connectivity index (χ1) is 9.69. The van der Waals surface area contributed by atoms with Crippen LogP contribution in [0.4, 0.5) is 0 Å². The van der Waals surface area contributed by atoms with Crippen molar-refractivity contribution >= 4 is 0 Å². The van der Waals surface area contributed by atoms with E-state index in [1.165, 1.54) is 12.8 Å². The topological polar surface area (TPSA) is 15.3 Å². The molecule has 0 aromatic rings. The number of nitrogens with one attached hydrogen (secondary N) is 1. The van der Waals surface area contributed by atoms with Crippen LogP contribution in [-0.4, -0.2) is 29.1 Å². The van der Waals surface area contributed by atoms with Crippen molar-refractivity contribution in [2.75, 3.05) is 13.1 Å². The summed E-state index contributed by atoms with van der Waals surface area (Å²) in [4.78, 5) is 2.59. The molecule has 0 bridgehead atoms. The van der Waals surface area contributed by atoms with E-state index in [0.29, 0.717) is 0 Å². The minimum absolute atomic E-state index is 0.0170. The molecule has 0 aliphatic carbocycles. The van der Waals surface area contributed by atoms with Gasteiger partial charge in [0, 0.05) is 16.8 Å². The molecule has 0 amide bonds. The Balaban J connectivity index is -0.000000739. The summed E-state index contributed by atoms with van der Waals surface area (Å²) in [5.41, 5.74) is 1.16. The molecule has 0 heterocycles. The number of rotatable bonds is 8. The van der Waals surface area contributed by atoms with Gasteiger partial charge >= 0.3 is 0 Å². The van der Waals surface area contributed by atoms with Crippen LogP contribution in [0.2, 0.25) is 0 Å². The van der Waals surface area contributed by atoms with Crippen LogP contribution in [-0.2, 0) is 0 Å². The van der Waals surface area contributed by atoms with E-state index in [0.717, 1.165) is 18.8 Å². The monoisotopic (exact) mass is 300 g/mol. The van der Waals surface area contributed by atoms with Gasteiger partial charge < -0.3 is 5.32 Å². The highest BCUT2D eigenvalue weighted by Crippen LogP contribution is 2.29. The van der Waals surface area contributed by atoms with Crippen molar-refractivity contribution in [2.45, 2.75) is 100 Å². The lowest BCUT2D eigenvalue weighted by molar-refractivity contribution is 0.0442. The SMILES string of the molecule is C=C(C)NC(C)(C)C(C)(C)N(CCC)CCC.CC.CC. The van der Waals surface area contributed by atoms with Crippen molar-refractivity contribution in [3.8, 4) is 0 Å². The molecule has 0 saturated carbocycles. The van der Waals surface area contributed by atoms with Crippen LogP contribution in [0, 0.1) is 0 Å². The fourth-order valence-corrected chi connectivity index (χ4v) is 2.29. The van der Waals surface area contributed by atoms with Crippen LogP contribution in [0.1, 0.15) is 89.0 Å². The van der Waals surface area contributed by atoms with Gasteiger partial charge in [0.2, 0.25) is 0 Å². The molecule has 2 nitrogen and oxygen atoms in total. The van der Waals surface area contributed by atoms with Gasteiger partial charge in [-0.15, -0.1) is 0 Å². The highest BCUT2D eigenvalue weighted by atomic mass is 15.2. The Morgan fingerprint density at radius 2 is 1.24 bits per heavy atom. The average Bonchev–Trinajstić information content (AvgIpc) is 2.41. The molecular weight excluding hydrogens is 256 g/mol. The smallest absolute Gasteiger partial charge is 0.0492 e. The second kappa shape index (κ2) is 13.2. The van der Waals surface area contributed by atoms with Gasteiger partial charge in [0.25, 0.3) is 0 Å². The molecule has 0 radical (unpaired) electrons. The predicted octanol–water partition coefficient (Wildman–Crippen LogP) is 5.84. The number of hydrogen-bond donors (Lipinski definition) is 1. The lowest BCUT2D eigenvalue weighted by atomic mass is 9.80. The summed E-state index contributed by atoms with van der Waals surface area (Å²) < 4.78 is 0. The zero-order valence-electron chi connectivity index (χ0n) is 17.0. The van der Waals surface area contributed by atoms with Gasteiger partial charge in [0.1, 0.15) is 0 Å². The van der Waals surface area contributed by atoms with Crippen LogP contribution in [0.25, 0.3) is 0 Å². The van der Waals surface area contributed by atoms with Crippen LogP contribution in [0.5, 0.6) is 0 Å². The molecule has 0 aliphatic rings. The summed E-state index contributed by atoms with van der Waals surface area (Å²) >= 11 is 0. The standard InChI is InChI=1S/C15H32N2.2C2H6/c1-9-11-17(12-10-2)15(7,8)14(5,6)16-13(3)4;2*1-2/h16H,3,9-12H2,1-2,4-8H3;2*1-2H3. The number of allylic oxidation sites excluding steroid dienone is 1. The average molecular weight is 301 g/mol. The molecule has 130 valence electrons. The summed E-state index contributed by atoms with van der Waals surface area (Å²) in [6.07, 6.45) is 2.40. The molecule has 0 spiro atoms. The Labute approximate surface area is 136 Å². The van der Waals surface area contributed by atoms with E-state index >= 15 is 0 Å². The molecule has 1 N–H and O–H groups in total. The minimum atomic E-state index is 0.0170. The molecule has 0 aromatic heterocycles. The van der Waals surface area contributed by atoms with Crippen LogP contribution in [0.15, 0.2) is 12.3 Å². The quantitative estimate of drug-likeness (QED) is 0.605. The maximum Gasteiger partial charge on any atom is 0.0492 e. The van der Waals surface area contributed by atoms with E-state index in [2.05, 4.69) is 58.3 Å². The lowest BCUT2D eigenvalue weighted by Crippen LogP contribution is -2.64. The van der Waals surface area contributed by atoms with Gasteiger partial charge in [-0.1, -0.05) is 48.1 Å².